The first-order valence-electron chi connectivity index (χ1n) is 9.22. The van der Waals surface area contributed by atoms with Gasteiger partial charge in [-0.2, -0.15) is 5.10 Å². The Labute approximate surface area is 184 Å². The molecule has 2 unspecified atom stereocenters. The van der Waals surface area contributed by atoms with Gasteiger partial charge in [0.15, 0.2) is 0 Å². The van der Waals surface area contributed by atoms with Crippen LogP contribution in [0.5, 0.6) is 11.5 Å². The Bertz CT molecular complexity index is 898. The number of hydrazone groups is 1. The summed E-state index contributed by atoms with van der Waals surface area (Å²) in [5.74, 6) is 1.31. The average Bonchev–Trinajstić information content (AvgIpc) is 2.78. The molecule has 0 aliphatic rings. The van der Waals surface area contributed by atoms with E-state index >= 15 is 0 Å². The summed E-state index contributed by atoms with van der Waals surface area (Å²) in [7, 11) is 3.16. The van der Waals surface area contributed by atoms with Gasteiger partial charge in [0, 0.05) is 21.3 Å². The van der Waals surface area contributed by atoms with Gasteiger partial charge in [-0.1, -0.05) is 23.9 Å². The maximum atomic E-state index is 12.2. The van der Waals surface area contributed by atoms with Gasteiger partial charge >= 0.3 is 7.60 Å². The van der Waals surface area contributed by atoms with Crippen LogP contribution in [0.15, 0.2) is 53.6 Å². The van der Waals surface area contributed by atoms with Crippen LogP contribution in [-0.4, -0.2) is 45.2 Å². The summed E-state index contributed by atoms with van der Waals surface area (Å²) >= 11 is 5.66. The zero-order chi connectivity index (χ0) is 22.1. The van der Waals surface area contributed by atoms with Crippen LogP contribution < -0.4 is 9.47 Å². The number of hydrogen-bond acceptors (Lipinski definition) is 7. The van der Waals surface area contributed by atoms with Gasteiger partial charge < -0.3 is 18.5 Å². The lowest BCUT2D eigenvalue weighted by atomic mass is 10.2. The molecule has 7 nitrogen and oxygen atoms in total. The van der Waals surface area contributed by atoms with Crippen LogP contribution in [0, 0.1) is 0 Å². The van der Waals surface area contributed by atoms with Gasteiger partial charge in [0.25, 0.3) is 0 Å². The van der Waals surface area contributed by atoms with Crippen LogP contribution in [0.3, 0.4) is 0 Å². The summed E-state index contributed by atoms with van der Waals surface area (Å²) in [4.78, 5) is 0. The van der Waals surface area contributed by atoms with Gasteiger partial charge in [0.1, 0.15) is 17.3 Å². The van der Waals surface area contributed by atoms with Crippen LogP contribution in [0.4, 0.5) is 0 Å². The van der Waals surface area contributed by atoms with Gasteiger partial charge in [-0.25, -0.2) is 0 Å². The van der Waals surface area contributed by atoms with E-state index < -0.39 is 14.4 Å². The molecule has 10 heteroatoms. The van der Waals surface area contributed by atoms with E-state index in [0.717, 1.165) is 16.9 Å². The number of benzene rings is 2. The van der Waals surface area contributed by atoms with E-state index in [1.165, 1.54) is 14.2 Å². The van der Waals surface area contributed by atoms with E-state index in [1.54, 1.807) is 18.1 Å². The molecule has 2 atom stereocenters. The number of rotatable bonds is 11. The lowest BCUT2D eigenvalue weighted by Gasteiger charge is -2.22. The molecular formula is C20H28N2O5P2S. The van der Waals surface area contributed by atoms with E-state index in [0.29, 0.717) is 5.75 Å². The summed E-state index contributed by atoms with van der Waals surface area (Å²) in [6.45, 7) is 0.460. The quantitative estimate of drug-likeness (QED) is 0.261. The summed E-state index contributed by atoms with van der Waals surface area (Å²) in [6, 6.07) is 15.0. The second kappa shape index (κ2) is 11.6. The third-order valence-corrected chi connectivity index (χ3v) is 9.55. The second-order valence-electron chi connectivity index (χ2n) is 6.42. The molecule has 30 heavy (non-hydrogen) atoms. The van der Waals surface area contributed by atoms with Crippen molar-refractivity contribution in [2.75, 3.05) is 28.4 Å². The highest BCUT2D eigenvalue weighted by Crippen LogP contribution is 2.49. The monoisotopic (exact) mass is 470 g/mol. The van der Waals surface area contributed by atoms with E-state index in [2.05, 4.69) is 5.10 Å². The Morgan fingerprint density at radius 1 is 1.07 bits per heavy atom. The summed E-state index contributed by atoms with van der Waals surface area (Å²) in [6.07, 6.45) is 1.97. The number of ether oxygens (including phenoxy) is 2. The SMILES string of the molecule is COc1ccc(/C=N/N(C)[PH](=S)C(C)Oc2ccc(CP(=O)(OC)OC)cc2)cc1. The Hall–Kier alpha value is -1.69. The van der Waals surface area contributed by atoms with Crippen LogP contribution >= 0.6 is 14.4 Å². The molecule has 0 saturated carbocycles. The van der Waals surface area contributed by atoms with Gasteiger partial charge in [0.2, 0.25) is 0 Å². The molecule has 0 N–H and O–H groups in total. The first-order chi connectivity index (χ1) is 14.3. The maximum Gasteiger partial charge on any atom is 0.334 e. The molecule has 2 aromatic carbocycles. The van der Waals surface area contributed by atoms with Gasteiger partial charge in [0.05, 0.1) is 26.3 Å². The Kier molecular flexibility index (Phi) is 9.53. The van der Waals surface area contributed by atoms with Crippen molar-refractivity contribution in [3.63, 3.8) is 0 Å². The van der Waals surface area contributed by atoms with Crippen molar-refractivity contribution >= 4 is 32.5 Å². The van der Waals surface area contributed by atoms with Crippen LogP contribution in [0.25, 0.3) is 0 Å². The molecule has 0 saturated heterocycles. The van der Waals surface area contributed by atoms with Gasteiger partial charge in [-0.15, -0.1) is 0 Å². The van der Waals surface area contributed by atoms with Crippen LogP contribution in [0.2, 0.25) is 0 Å². The van der Waals surface area contributed by atoms with Crippen molar-refractivity contribution < 1.29 is 23.1 Å². The van der Waals surface area contributed by atoms with Crippen molar-refractivity contribution in [2.45, 2.75) is 18.9 Å². The van der Waals surface area contributed by atoms with Crippen molar-refractivity contribution in [3.8, 4) is 11.5 Å². The van der Waals surface area contributed by atoms with Crippen LogP contribution in [-0.2, 0) is 31.6 Å². The molecule has 0 aliphatic heterocycles. The fourth-order valence-electron chi connectivity index (χ4n) is 2.52. The maximum absolute atomic E-state index is 12.2. The van der Waals surface area contributed by atoms with E-state index in [9.17, 15) is 4.57 Å². The summed E-state index contributed by atoms with van der Waals surface area (Å²) in [5.41, 5.74) is 1.80. The smallest absolute Gasteiger partial charge is 0.334 e. The van der Waals surface area contributed by atoms with E-state index in [4.69, 9.17) is 30.3 Å². The predicted molar refractivity (Wildman–Crippen MR) is 126 cm³/mol. The normalized spacial score (nSPS) is 13.8. The highest BCUT2D eigenvalue weighted by Gasteiger charge is 2.21. The topological polar surface area (TPSA) is 69.6 Å². The molecule has 0 aromatic heterocycles. The van der Waals surface area contributed by atoms with E-state index in [-0.39, 0.29) is 12.0 Å². The minimum Gasteiger partial charge on any atom is -0.497 e. The lowest BCUT2D eigenvalue weighted by Crippen LogP contribution is -2.14. The third kappa shape index (κ3) is 7.22. The first-order valence-corrected chi connectivity index (χ1v) is 13.6. The van der Waals surface area contributed by atoms with Crippen molar-refractivity contribution in [2.24, 2.45) is 5.10 Å². The molecule has 0 fully saturated rings. The number of nitrogens with zero attached hydrogens (tertiary/aromatic N) is 2. The zero-order valence-corrected chi connectivity index (χ0v) is 20.5. The van der Waals surface area contributed by atoms with Crippen molar-refractivity contribution in [1.29, 1.82) is 0 Å². The molecule has 0 amide bonds. The average molecular weight is 470 g/mol. The minimum absolute atomic E-state index is 0.182. The second-order valence-corrected chi connectivity index (χ2v) is 12.1. The van der Waals surface area contributed by atoms with Crippen LogP contribution in [0.1, 0.15) is 18.1 Å². The molecule has 2 aromatic rings. The molecule has 2 rings (SSSR count). The fourth-order valence-corrected chi connectivity index (χ4v) is 4.80. The number of hydrogen-bond donors (Lipinski definition) is 0. The molecular weight excluding hydrogens is 442 g/mol. The fraction of sp³-hybridized carbons (Fsp3) is 0.350. The highest BCUT2D eigenvalue weighted by molar-refractivity contribution is 8.04. The van der Waals surface area contributed by atoms with Crippen molar-refractivity contribution in [1.82, 2.24) is 4.78 Å². The first kappa shape index (κ1) is 24.6. The van der Waals surface area contributed by atoms with Gasteiger partial charge in [-0.3, -0.25) is 9.34 Å². The zero-order valence-electron chi connectivity index (χ0n) is 17.8. The lowest BCUT2D eigenvalue weighted by molar-refractivity contribution is 0.274. The molecule has 0 radical (unpaired) electrons. The molecule has 0 aliphatic carbocycles. The minimum atomic E-state index is -3.09. The third-order valence-electron chi connectivity index (χ3n) is 4.33. The molecule has 0 bridgehead atoms. The van der Waals surface area contributed by atoms with E-state index in [1.807, 2.05) is 62.5 Å². The molecule has 0 heterocycles. The largest absolute Gasteiger partial charge is 0.497 e. The van der Waals surface area contributed by atoms with Gasteiger partial charge in [-0.05, 0) is 54.4 Å². The number of methoxy groups -OCH3 is 1. The molecule has 164 valence electrons. The summed E-state index contributed by atoms with van der Waals surface area (Å²) in [5, 5.41) is 4.46. The van der Waals surface area contributed by atoms with Crippen molar-refractivity contribution in [3.05, 3.63) is 59.7 Å². The Morgan fingerprint density at radius 3 is 2.17 bits per heavy atom. The Morgan fingerprint density at radius 2 is 1.63 bits per heavy atom. The Balaban J connectivity index is 1.94. The molecule has 0 spiro atoms. The predicted octanol–water partition coefficient (Wildman–Crippen LogP) is 4.96. The highest BCUT2D eigenvalue weighted by atomic mass is 32.4. The summed E-state index contributed by atoms with van der Waals surface area (Å²) < 4.78 is 35.1. The standard InChI is InChI=1S/C20H28N2O5P2S/c1-16(27-20-12-8-18(9-13-20)15-29(23,25-4)26-5)28(30)22(2)21-14-17-6-10-19(24-3)11-7-17/h6-14,16,28H,15H2,1-5H3/b21-14+.